The predicted molar refractivity (Wildman–Crippen MR) is 130 cm³/mol. The van der Waals surface area contributed by atoms with Gasteiger partial charge in [0.2, 0.25) is 5.91 Å². The Morgan fingerprint density at radius 1 is 1.14 bits per heavy atom. The number of carbonyl (C=O) groups is 1. The zero-order valence-electron chi connectivity index (χ0n) is 18.6. The van der Waals surface area contributed by atoms with Crippen LogP contribution in [-0.2, 0) is 9.53 Å². The van der Waals surface area contributed by atoms with Gasteiger partial charge in [0.15, 0.2) is 5.96 Å². The number of nitrogens with zero attached hydrogens (tertiary/aromatic N) is 2. The van der Waals surface area contributed by atoms with Crippen molar-refractivity contribution in [1.82, 2.24) is 20.9 Å². The van der Waals surface area contributed by atoms with E-state index in [2.05, 4.69) is 34.7 Å². The Kier molecular flexibility index (Phi) is 13.1. The molecule has 1 atom stereocenters. The van der Waals surface area contributed by atoms with Crippen molar-refractivity contribution in [3.8, 4) is 0 Å². The molecule has 170 valence electrons. The molecule has 1 amide bonds. The third-order valence-electron chi connectivity index (χ3n) is 6.01. The first-order valence-electron chi connectivity index (χ1n) is 11.2. The normalized spacial score (nSPS) is 21.0. The highest BCUT2D eigenvalue weighted by Crippen LogP contribution is 2.34. The number of guanidine groups is 1. The summed E-state index contributed by atoms with van der Waals surface area (Å²) in [5.74, 6) is 0.909. The van der Waals surface area contributed by atoms with Crippen LogP contribution in [-0.4, -0.2) is 74.3 Å². The van der Waals surface area contributed by atoms with Crippen LogP contribution in [0.15, 0.2) is 4.99 Å². The molecular weight excluding hydrogens is 481 g/mol. The molecule has 2 fully saturated rings. The van der Waals surface area contributed by atoms with E-state index >= 15 is 0 Å². The lowest BCUT2D eigenvalue weighted by Gasteiger charge is -2.47. The first kappa shape index (κ1) is 26.4. The number of hydrogen-bond acceptors (Lipinski definition) is 4. The molecule has 1 heterocycles. The third-order valence-corrected chi connectivity index (χ3v) is 6.01. The smallest absolute Gasteiger partial charge is 0.221 e. The highest BCUT2D eigenvalue weighted by molar-refractivity contribution is 14.0. The molecule has 1 saturated carbocycles. The quantitative estimate of drug-likeness (QED) is 0.246. The minimum atomic E-state index is 0. The van der Waals surface area contributed by atoms with E-state index in [0.29, 0.717) is 13.0 Å². The van der Waals surface area contributed by atoms with Gasteiger partial charge in [0.1, 0.15) is 0 Å². The number of carbonyl (C=O) groups excluding carboxylic acids is 1. The molecule has 7 nitrogen and oxygen atoms in total. The van der Waals surface area contributed by atoms with E-state index in [9.17, 15) is 4.79 Å². The lowest BCUT2D eigenvalue weighted by atomic mass is 9.80. The van der Waals surface area contributed by atoms with E-state index in [1.807, 2.05) is 6.92 Å². The van der Waals surface area contributed by atoms with Gasteiger partial charge in [0, 0.05) is 44.2 Å². The molecule has 1 unspecified atom stereocenters. The van der Waals surface area contributed by atoms with Gasteiger partial charge >= 0.3 is 0 Å². The van der Waals surface area contributed by atoms with Crippen molar-refractivity contribution in [3.05, 3.63) is 0 Å². The Morgan fingerprint density at radius 3 is 2.45 bits per heavy atom. The van der Waals surface area contributed by atoms with Crippen molar-refractivity contribution in [2.45, 2.75) is 77.3 Å². The van der Waals surface area contributed by atoms with Gasteiger partial charge in [-0.05, 0) is 33.1 Å². The lowest BCUT2D eigenvalue weighted by Crippen LogP contribution is -2.56. The summed E-state index contributed by atoms with van der Waals surface area (Å²) in [6, 6.07) is 0.231. The second kappa shape index (κ2) is 14.4. The van der Waals surface area contributed by atoms with Gasteiger partial charge in [-0.25, -0.2) is 0 Å². The number of hydrogen-bond donors (Lipinski definition) is 3. The first-order valence-corrected chi connectivity index (χ1v) is 11.2. The molecule has 1 saturated heterocycles. The number of aliphatic imine (C=N–C) groups is 1. The Hall–Kier alpha value is -0.610. The summed E-state index contributed by atoms with van der Waals surface area (Å²) in [4.78, 5) is 19.5. The van der Waals surface area contributed by atoms with Gasteiger partial charge in [0.25, 0.3) is 0 Å². The minimum absolute atomic E-state index is 0. The number of halogens is 1. The molecule has 0 aromatic carbocycles. The summed E-state index contributed by atoms with van der Waals surface area (Å²) >= 11 is 0. The average Bonchev–Trinajstić information content (AvgIpc) is 2.73. The molecule has 2 rings (SSSR count). The number of nitrogens with one attached hydrogen (secondary N) is 3. The molecule has 1 aliphatic heterocycles. The molecule has 1 aliphatic carbocycles. The molecule has 3 N–H and O–H groups in total. The van der Waals surface area contributed by atoms with Crippen molar-refractivity contribution >= 4 is 35.8 Å². The molecule has 29 heavy (non-hydrogen) atoms. The van der Waals surface area contributed by atoms with Crippen molar-refractivity contribution in [2.24, 2.45) is 4.99 Å². The van der Waals surface area contributed by atoms with Crippen LogP contribution in [0.5, 0.6) is 0 Å². The van der Waals surface area contributed by atoms with Gasteiger partial charge < -0.3 is 20.7 Å². The molecule has 0 spiro atoms. The van der Waals surface area contributed by atoms with Crippen molar-refractivity contribution in [2.75, 3.05) is 45.9 Å². The van der Waals surface area contributed by atoms with Crippen LogP contribution in [0.1, 0.15) is 65.7 Å². The van der Waals surface area contributed by atoms with Gasteiger partial charge in [-0.1, -0.05) is 26.2 Å². The second-order valence-corrected chi connectivity index (χ2v) is 8.13. The van der Waals surface area contributed by atoms with E-state index < -0.39 is 0 Å². The number of morpholine rings is 1. The molecule has 8 heteroatoms. The zero-order valence-corrected chi connectivity index (χ0v) is 20.9. The minimum Gasteiger partial charge on any atom is -0.379 e. The first-order chi connectivity index (χ1) is 13.6. The highest BCUT2D eigenvalue weighted by Gasteiger charge is 2.38. The maximum absolute atomic E-state index is 12.0. The summed E-state index contributed by atoms with van der Waals surface area (Å²) in [6.45, 7) is 12.1. The molecular formula is C21H42IN5O2. The standard InChI is InChI=1S/C21H41N5O2.HI/c1-4-18(3)25-19(27)9-12-23-20(22-5-2)24-17-21(10-7-6-8-11-21)26-13-15-28-16-14-26;/h18H,4-17H2,1-3H3,(H,25,27)(H2,22,23,24);1H. The summed E-state index contributed by atoms with van der Waals surface area (Å²) in [5.41, 5.74) is 0.165. The average molecular weight is 524 g/mol. The Bertz CT molecular complexity index is 491. The molecule has 0 aromatic heterocycles. The van der Waals surface area contributed by atoms with Gasteiger partial charge in [0.05, 0.1) is 19.8 Å². The molecule has 2 aliphatic rings. The number of amides is 1. The summed E-state index contributed by atoms with van der Waals surface area (Å²) in [7, 11) is 0. The van der Waals surface area contributed by atoms with Crippen LogP contribution < -0.4 is 16.0 Å². The Balaban J connectivity index is 0.00000420. The topological polar surface area (TPSA) is 78.0 Å². The Labute approximate surface area is 194 Å². The summed E-state index contributed by atoms with van der Waals surface area (Å²) < 4.78 is 5.57. The van der Waals surface area contributed by atoms with E-state index in [-0.39, 0.29) is 41.5 Å². The second-order valence-electron chi connectivity index (χ2n) is 8.13. The lowest BCUT2D eigenvalue weighted by molar-refractivity contribution is -0.121. The SMILES string of the molecule is CCNC(=NCC1(N2CCOCC2)CCCCC1)NCCC(=O)NC(C)CC.I. The van der Waals surface area contributed by atoms with E-state index in [1.54, 1.807) is 0 Å². The fourth-order valence-corrected chi connectivity index (χ4v) is 4.13. The van der Waals surface area contributed by atoms with E-state index in [1.165, 1.54) is 32.1 Å². The van der Waals surface area contributed by atoms with Crippen molar-refractivity contribution in [3.63, 3.8) is 0 Å². The maximum atomic E-state index is 12.0. The molecule has 0 radical (unpaired) electrons. The van der Waals surface area contributed by atoms with E-state index in [0.717, 1.165) is 51.8 Å². The Morgan fingerprint density at radius 2 is 1.83 bits per heavy atom. The van der Waals surface area contributed by atoms with Gasteiger partial charge in [-0.3, -0.25) is 14.7 Å². The van der Waals surface area contributed by atoms with Crippen LogP contribution in [0.2, 0.25) is 0 Å². The summed E-state index contributed by atoms with van der Waals surface area (Å²) in [6.07, 6.45) is 7.75. The van der Waals surface area contributed by atoms with Crippen LogP contribution in [0, 0.1) is 0 Å². The zero-order chi connectivity index (χ0) is 20.2. The van der Waals surface area contributed by atoms with Crippen molar-refractivity contribution < 1.29 is 9.53 Å². The number of rotatable bonds is 9. The monoisotopic (exact) mass is 523 g/mol. The fourth-order valence-electron chi connectivity index (χ4n) is 4.13. The highest BCUT2D eigenvalue weighted by atomic mass is 127. The summed E-state index contributed by atoms with van der Waals surface area (Å²) in [5, 5.41) is 9.68. The van der Waals surface area contributed by atoms with Gasteiger partial charge in [-0.15, -0.1) is 24.0 Å². The van der Waals surface area contributed by atoms with Crippen LogP contribution in [0.25, 0.3) is 0 Å². The third kappa shape index (κ3) is 8.96. The predicted octanol–water partition coefficient (Wildman–Crippen LogP) is 2.50. The maximum Gasteiger partial charge on any atom is 0.221 e. The molecule has 0 aromatic rings. The van der Waals surface area contributed by atoms with Crippen molar-refractivity contribution in [1.29, 1.82) is 0 Å². The van der Waals surface area contributed by atoms with Crippen LogP contribution in [0.4, 0.5) is 0 Å². The van der Waals surface area contributed by atoms with Gasteiger partial charge in [-0.2, -0.15) is 0 Å². The van der Waals surface area contributed by atoms with Crippen LogP contribution in [0.3, 0.4) is 0 Å². The molecule has 0 bridgehead atoms. The largest absolute Gasteiger partial charge is 0.379 e. The van der Waals surface area contributed by atoms with E-state index in [4.69, 9.17) is 9.73 Å². The van der Waals surface area contributed by atoms with Crippen LogP contribution >= 0.6 is 24.0 Å². The fraction of sp³-hybridized carbons (Fsp3) is 0.905. The number of ether oxygens (including phenoxy) is 1.